The van der Waals surface area contributed by atoms with Crippen molar-refractivity contribution in [1.82, 2.24) is 0 Å². The Hall–Kier alpha value is 0. The van der Waals surface area contributed by atoms with Crippen molar-refractivity contribution < 1.29 is 0 Å². The summed E-state index contributed by atoms with van der Waals surface area (Å²) in [6.45, 7) is 9.52. The Balaban J connectivity index is 2.18. The van der Waals surface area contributed by atoms with Crippen LogP contribution >= 0.6 is 0 Å². The van der Waals surface area contributed by atoms with Gasteiger partial charge >= 0.3 is 0 Å². The fraction of sp³-hybridized carbons (Fsp3) is 1.00. The lowest BCUT2D eigenvalue weighted by Crippen LogP contribution is -2.21. The van der Waals surface area contributed by atoms with Gasteiger partial charge in [-0.3, -0.25) is 0 Å². The molecule has 0 nitrogen and oxygen atoms in total. The van der Waals surface area contributed by atoms with Crippen molar-refractivity contribution in [1.29, 1.82) is 0 Å². The lowest BCUT2D eigenvalue weighted by atomic mass is 9.72. The lowest BCUT2D eigenvalue weighted by molar-refractivity contribution is 0.180. The van der Waals surface area contributed by atoms with E-state index >= 15 is 0 Å². The molecule has 0 radical (unpaired) electrons. The molecule has 0 heteroatoms. The van der Waals surface area contributed by atoms with Crippen molar-refractivity contribution in [2.75, 3.05) is 0 Å². The minimum absolute atomic E-state index is 0.647. The van der Waals surface area contributed by atoms with Crippen LogP contribution in [0.15, 0.2) is 0 Å². The summed E-state index contributed by atoms with van der Waals surface area (Å²) in [4.78, 5) is 0. The van der Waals surface area contributed by atoms with Crippen LogP contribution in [-0.2, 0) is 0 Å². The van der Waals surface area contributed by atoms with E-state index in [0.717, 1.165) is 11.8 Å². The summed E-state index contributed by atoms with van der Waals surface area (Å²) in [7, 11) is 0. The molecule has 0 heterocycles. The fourth-order valence-electron chi connectivity index (χ4n) is 2.32. The number of hydrogen-bond acceptors (Lipinski definition) is 0. The van der Waals surface area contributed by atoms with Crippen LogP contribution in [0.4, 0.5) is 0 Å². The molecule has 0 atom stereocenters. The Morgan fingerprint density at radius 2 is 1.69 bits per heavy atom. The summed E-state index contributed by atoms with van der Waals surface area (Å²) in [5.41, 5.74) is 0.647. The Labute approximate surface area is 84.1 Å². The quantitative estimate of drug-likeness (QED) is 0.596. The van der Waals surface area contributed by atoms with Crippen molar-refractivity contribution >= 4 is 0 Å². The maximum Gasteiger partial charge on any atom is -0.0354 e. The summed E-state index contributed by atoms with van der Waals surface area (Å²) < 4.78 is 0. The largest absolute Gasteiger partial charge is 0.0628 e. The molecule has 1 rings (SSSR count). The summed E-state index contributed by atoms with van der Waals surface area (Å²) in [5, 5.41) is 0. The molecule has 0 amide bonds. The third-order valence-corrected chi connectivity index (χ3v) is 3.61. The summed E-state index contributed by atoms with van der Waals surface area (Å²) in [5.74, 6) is 1.95. The van der Waals surface area contributed by atoms with Gasteiger partial charge in [0, 0.05) is 0 Å². The Bertz CT molecular complexity index is 131. The molecule has 1 fully saturated rings. The highest BCUT2D eigenvalue weighted by Gasteiger charge is 2.26. The predicted molar refractivity (Wildman–Crippen MR) is 59.8 cm³/mol. The second-order valence-electron chi connectivity index (χ2n) is 6.08. The first-order chi connectivity index (χ1) is 5.99. The van der Waals surface area contributed by atoms with Crippen molar-refractivity contribution in [2.24, 2.45) is 17.3 Å². The fourth-order valence-corrected chi connectivity index (χ4v) is 2.32. The minimum atomic E-state index is 0.647. The predicted octanol–water partition coefficient (Wildman–Crippen LogP) is 4.64. The molecule has 13 heavy (non-hydrogen) atoms. The monoisotopic (exact) mass is 182 g/mol. The zero-order chi connectivity index (χ0) is 9.90. The van der Waals surface area contributed by atoms with E-state index in [2.05, 4.69) is 27.7 Å². The Morgan fingerprint density at radius 1 is 1.15 bits per heavy atom. The van der Waals surface area contributed by atoms with Crippen LogP contribution in [0.25, 0.3) is 0 Å². The van der Waals surface area contributed by atoms with Gasteiger partial charge in [-0.05, 0) is 42.9 Å². The highest BCUT2D eigenvalue weighted by atomic mass is 14.3. The molecule has 0 aliphatic heterocycles. The first-order valence-electron chi connectivity index (χ1n) is 5.99. The molecule has 0 aromatic rings. The van der Waals surface area contributed by atoms with Crippen molar-refractivity contribution in [3.05, 3.63) is 0 Å². The van der Waals surface area contributed by atoms with E-state index in [1.165, 1.54) is 38.5 Å². The summed E-state index contributed by atoms with van der Waals surface area (Å²) in [6.07, 6.45) is 8.80. The molecule has 1 aliphatic rings. The van der Waals surface area contributed by atoms with E-state index in [1.807, 2.05) is 0 Å². The van der Waals surface area contributed by atoms with Gasteiger partial charge in [-0.25, -0.2) is 0 Å². The van der Waals surface area contributed by atoms with Gasteiger partial charge in [-0.2, -0.15) is 0 Å². The highest BCUT2D eigenvalue weighted by molar-refractivity contribution is 4.78. The van der Waals surface area contributed by atoms with Crippen molar-refractivity contribution in [3.8, 4) is 0 Å². The maximum absolute atomic E-state index is 2.42. The molecule has 0 saturated heterocycles. The zero-order valence-electron chi connectivity index (χ0n) is 9.90. The third kappa shape index (κ3) is 4.15. The molecule has 1 saturated carbocycles. The topological polar surface area (TPSA) is 0 Å². The van der Waals surface area contributed by atoms with Gasteiger partial charge in [0.25, 0.3) is 0 Å². The first-order valence-corrected chi connectivity index (χ1v) is 5.99. The van der Waals surface area contributed by atoms with E-state index in [1.54, 1.807) is 0 Å². The second-order valence-corrected chi connectivity index (χ2v) is 6.08. The van der Waals surface area contributed by atoms with Gasteiger partial charge in [0.05, 0.1) is 0 Å². The van der Waals surface area contributed by atoms with Gasteiger partial charge in [-0.1, -0.05) is 40.5 Å². The van der Waals surface area contributed by atoms with Crippen LogP contribution in [-0.4, -0.2) is 0 Å². The molecule has 0 spiro atoms. The summed E-state index contributed by atoms with van der Waals surface area (Å²) >= 11 is 0. The van der Waals surface area contributed by atoms with Crippen LogP contribution in [0, 0.1) is 17.3 Å². The van der Waals surface area contributed by atoms with Gasteiger partial charge in [0.2, 0.25) is 0 Å². The van der Waals surface area contributed by atoms with Crippen LogP contribution < -0.4 is 0 Å². The van der Waals surface area contributed by atoms with Gasteiger partial charge in [0.1, 0.15) is 0 Å². The Morgan fingerprint density at radius 3 is 2.15 bits per heavy atom. The standard InChI is InChI=1S/C13H26/c1-11(2)5-6-12-7-9-13(3,4)10-8-12/h11-12H,5-10H2,1-4H3. The Kier molecular flexibility index (Phi) is 3.82. The van der Waals surface area contributed by atoms with E-state index in [-0.39, 0.29) is 0 Å². The van der Waals surface area contributed by atoms with Gasteiger partial charge in [-0.15, -0.1) is 0 Å². The normalized spacial score (nSPS) is 23.8. The molecule has 78 valence electrons. The summed E-state index contributed by atoms with van der Waals surface area (Å²) in [6, 6.07) is 0. The van der Waals surface area contributed by atoms with Crippen LogP contribution in [0.1, 0.15) is 66.2 Å². The zero-order valence-corrected chi connectivity index (χ0v) is 9.90. The lowest BCUT2D eigenvalue weighted by Gasteiger charge is -2.34. The molecular weight excluding hydrogens is 156 g/mol. The third-order valence-electron chi connectivity index (χ3n) is 3.61. The molecule has 0 N–H and O–H groups in total. The van der Waals surface area contributed by atoms with Crippen molar-refractivity contribution in [2.45, 2.75) is 66.2 Å². The molecule has 1 aliphatic carbocycles. The SMILES string of the molecule is CC(C)CCC1CCC(C)(C)CC1. The molecule has 0 aromatic carbocycles. The van der Waals surface area contributed by atoms with Crippen molar-refractivity contribution in [3.63, 3.8) is 0 Å². The number of rotatable bonds is 3. The molecule has 0 unspecified atom stereocenters. The number of hydrogen-bond donors (Lipinski definition) is 0. The average molecular weight is 182 g/mol. The maximum atomic E-state index is 2.42. The van der Waals surface area contributed by atoms with E-state index in [4.69, 9.17) is 0 Å². The van der Waals surface area contributed by atoms with Crippen LogP contribution in [0.3, 0.4) is 0 Å². The second kappa shape index (κ2) is 4.48. The van der Waals surface area contributed by atoms with Gasteiger partial charge < -0.3 is 0 Å². The smallest absolute Gasteiger partial charge is 0.0354 e. The van der Waals surface area contributed by atoms with Crippen LogP contribution in [0.5, 0.6) is 0 Å². The first kappa shape index (κ1) is 11.1. The highest BCUT2D eigenvalue weighted by Crippen LogP contribution is 2.39. The molecular formula is C13H26. The van der Waals surface area contributed by atoms with E-state index in [9.17, 15) is 0 Å². The van der Waals surface area contributed by atoms with E-state index < -0.39 is 0 Å². The molecule has 0 aromatic heterocycles. The van der Waals surface area contributed by atoms with Crippen LogP contribution in [0.2, 0.25) is 0 Å². The average Bonchev–Trinajstić information content (AvgIpc) is 2.02. The molecule has 0 bridgehead atoms. The minimum Gasteiger partial charge on any atom is -0.0628 e. The van der Waals surface area contributed by atoms with Gasteiger partial charge in [0.15, 0.2) is 0 Å². The van der Waals surface area contributed by atoms with E-state index in [0.29, 0.717) is 5.41 Å².